The molecule has 148 valence electrons. The van der Waals surface area contributed by atoms with Crippen LogP contribution in [0.5, 0.6) is 0 Å². The Labute approximate surface area is 158 Å². The number of ether oxygens (including phenoxy) is 1. The molecule has 3 N–H and O–H groups in total. The predicted molar refractivity (Wildman–Crippen MR) is 97.7 cm³/mol. The van der Waals surface area contributed by atoms with Crippen molar-refractivity contribution in [2.24, 2.45) is 11.8 Å². The van der Waals surface area contributed by atoms with Gasteiger partial charge in [-0.1, -0.05) is 18.6 Å². The van der Waals surface area contributed by atoms with E-state index in [1.54, 1.807) is 6.07 Å². The van der Waals surface area contributed by atoms with Gasteiger partial charge in [-0.05, 0) is 55.8 Å². The van der Waals surface area contributed by atoms with E-state index in [0.29, 0.717) is 13.0 Å². The molecule has 3 rings (SSSR count). The van der Waals surface area contributed by atoms with E-state index in [4.69, 9.17) is 4.74 Å². The molecule has 7 heteroatoms. The van der Waals surface area contributed by atoms with E-state index in [0.717, 1.165) is 31.2 Å². The van der Waals surface area contributed by atoms with Crippen LogP contribution in [0.4, 0.5) is 9.18 Å². The normalized spacial score (nSPS) is 30.7. The maximum atomic E-state index is 14.0. The molecule has 1 unspecified atom stereocenters. The van der Waals surface area contributed by atoms with Crippen LogP contribution in [0.25, 0.3) is 0 Å². The molecule has 1 heterocycles. The van der Waals surface area contributed by atoms with Gasteiger partial charge in [0.15, 0.2) is 0 Å². The number of carboxylic acid groups (broad SMARTS) is 1. The lowest BCUT2D eigenvalue weighted by Crippen LogP contribution is -2.58. The first-order valence-corrected chi connectivity index (χ1v) is 9.52. The van der Waals surface area contributed by atoms with Crippen LogP contribution in [0.1, 0.15) is 44.1 Å². The summed E-state index contributed by atoms with van der Waals surface area (Å²) in [5.74, 6) is -1.09. The monoisotopic (exact) mass is 378 g/mol. The van der Waals surface area contributed by atoms with E-state index >= 15 is 0 Å². The van der Waals surface area contributed by atoms with Crippen molar-refractivity contribution < 1.29 is 23.8 Å². The molecular formula is C20H27FN2O4. The number of rotatable bonds is 5. The molecule has 6 nitrogen and oxygen atoms in total. The minimum atomic E-state index is -0.814. The number of hydrogen-bond acceptors (Lipinski definition) is 4. The summed E-state index contributed by atoms with van der Waals surface area (Å²) in [6.45, 7) is 0.663. The first-order valence-electron chi connectivity index (χ1n) is 9.52. The van der Waals surface area contributed by atoms with Gasteiger partial charge in [0.2, 0.25) is 0 Å². The van der Waals surface area contributed by atoms with Crippen LogP contribution >= 0.6 is 0 Å². The van der Waals surface area contributed by atoms with Crippen LogP contribution < -0.4 is 10.6 Å². The number of aliphatic carboxylic acids is 1. The van der Waals surface area contributed by atoms with E-state index in [-0.39, 0.29) is 30.1 Å². The van der Waals surface area contributed by atoms with Crippen molar-refractivity contribution in [3.8, 4) is 0 Å². The van der Waals surface area contributed by atoms with Crippen LogP contribution in [0.3, 0.4) is 0 Å². The first-order chi connectivity index (χ1) is 12.9. The Kier molecular flexibility index (Phi) is 5.99. The van der Waals surface area contributed by atoms with E-state index < -0.39 is 17.6 Å². The third kappa shape index (κ3) is 4.24. The molecule has 1 aliphatic heterocycles. The average molecular weight is 378 g/mol. The number of carbonyl (C=O) groups is 2. The Morgan fingerprint density at radius 3 is 2.89 bits per heavy atom. The van der Waals surface area contributed by atoms with Crippen LogP contribution in [-0.2, 0) is 15.1 Å². The molecule has 1 amide bonds. The first kappa shape index (κ1) is 19.6. The number of halogens is 1. The highest BCUT2D eigenvalue weighted by Crippen LogP contribution is 2.47. The number of carbonyl (C=O) groups excluding carboxylic acids is 1. The van der Waals surface area contributed by atoms with E-state index in [1.807, 2.05) is 6.07 Å². The van der Waals surface area contributed by atoms with Crippen LogP contribution in [0, 0.1) is 17.7 Å². The van der Waals surface area contributed by atoms with Crippen LogP contribution in [0.2, 0.25) is 0 Å². The Morgan fingerprint density at radius 1 is 1.37 bits per heavy atom. The highest BCUT2D eigenvalue weighted by atomic mass is 19.1. The summed E-state index contributed by atoms with van der Waals surface area (Å²) in [5.41, 5.74) is 0.254. The Bertz CT molecular complexity index is 698. The van der Waals surface area contributed by atoms with Crippen LogP contribution in [0.15, 0.2) is 24.3 Å². The van der Waals surface area contributed by atoms with Crippen molar-refractivity contribution in [3.05, 3.63) is 35.6 Å². The Morgan fingerprint density at radius 2 is 2.19 bits per heavy atom. The fraction of sp³-hybridized carbons (Fsp3) is 0.600. The quantitative estimate of drug-likeness (QED) is 0.733. The van der Waals surface area contributed by atoms with E-state index in [1.165, 1.54) is 19.2 Å². The summed E-state index contributed by atoms with van der Waals surface area (Å²) in [6.07, 6.45) is 3.64. The third-order valence-electron chi connectivity index (χ3n) is 6.04. The van der Waals surface area contributed by atoms with Crippen molar-refractivity contribution >= 4 is 12.1 Å². The Hall–Kier alpha value is -2.15. The van der Waals surface area contributed by atoms with Gasteiger partial charge in [0.25, 0.3) is 0 Å². The largest absolute Gasteiger partial charge is 0.481 e. The summed E-state index contributed by atoms with van der Waals surface area (Å²) < 4.78 is 18.8. The predicted octanol–water partition coefficient (Wildman–Crippen LogP) is 3.02. The lowest BCUT2D eigenvalue weighted by Gasteiger charge is -2.48. The lowest BCUT2D eigenvalue weighted by atomic mass is 9.67. The van der Waals surface area contributed by atoms with Gasteiger partial charge in [-0.2, -0.15) is 0 Å². The highest BCUT2D eigenvalue weighted by molar-refractivity contribution is 5.67. The maximum Gasteiger partial charge on any atom is 0.407 e. The summed E-state index contributed by atoms with van der Waals surface area (Å²) in [5, 5.41) is 15.8. The fourth-order valence-corrected chi connectivity index (χ4v) is 4.97. The second kappa shape index (κ2) is 8.25. The summed E-state index contributed by atoms with van der Waals surface area (Å²) in [6, 6.07) is 6.42. The van der Waals surface area contributed by atoms with Gasteiger partial charge in [-0.25, -0.2) is 9.18 Å². The number of nitrogens with one attached hydrogen (secondary N) is 2. The Balaban J connectivity index is 1.97. The second-order valence-corrected chi connectivity index (χ2v) is 7.64. The topological polar surface area (TPSA) is 87.7 Å². The molecule has 1 aliphatic carbocycles. The lowest BCUT2D eigenvalue weighted by molar-refractivity contribution is -0.138. The van der Waals surface area contributed by atoms with Crippen molar-refractivity contribution in [2.75, 3.05) is 13.7 Å². The molecule has 1 aromatic carbocycles. The van der Waals surface area contributed by atoms with Crippen molar-refractivity contribution in [1.29, 1.82) is 0 Å². The van der Waals surface area contributed by atoms with Crippen molar-refractivity contribution in [2.45, 2.75) is 50.1 Å². The SMILES string of the molecule is COC(=O)N[C@H]1CCC[C@H]1[C@]1(c2cccc(F)c2)CC(CC(=O)O)CCN1. The molecule has 0 bridgehead atoms. The van der Waals surface area contributed by atoms with E-state index in [2.05, 4.69) is 10.6 Å². The molecule has 27 heavy (non-hydrogen) atoms. The zero-order valence-electron chi connectivity index (χ0n) is 15.5. The zero-order chi connectivity index (χ0) is 19.4. The molecule has 0 radical (unpaired) electrons. The van der Waals surface area contributed by atoms with Gasteiger partial charge < -0.3 is 20.5 Å². The molecule has 1 saturated heterocycles. The van der Waals surface area contributed by atoms with E-state index in [9.17, 15) is 19.1 Å². The summed E-state index contributed by atoms with van der Waals surface area (Å²) in [7, 11) is 1.34. The molecule has 0 aromatic heterocycles. The average Bonchev–Trinajstić information content (AvgIpc) is 3.09. The molecule has 1 saturated carbocycles. The summed E-state index contributed by atoms with van der Waals surface area (Å²) >= 11 is 0. The molecule has 2 fully saturated rings. The van der Waals surface area contributed by atoms with Gasteiger partial charge in [-0.3, -0.25) is 4.79 Å². The smallest absolute Gasteiger partial charge is 0.407 e. The molecule has 1 aromatic rings. The molecular weight excluding hydrogens is 351 g/mol. The van der Waals surface area contributed by atoms with Gasteiger partial charge in [0.1, 0.15) is 5.82 Å². The zero-order valence-corrected chi connectivity index (χ0v) is 15.5. The molecule has 4 atom stereocenters. The summed E-state index contributed by atoms with van der Waals surface area (Å²) in [4.78, 5) is 23.1. The van der Waals surface area contributed by atoms with Gasteiger partial charge in [-0.15, -0.1) is 0 Å². The standard InChI is InChI=1S/C20H27FN2O4/c1-27-19(26)23-17-7-3-6-16(17)20(14-4-2-5-15(21)11-14)12-13(8-9-22-20)10-18(24)25/h2,4-5,11,13,16-17,22H,3,6-10,12H2,1H3,(H,23,26)(H,24,25)/t13?,16-,17+,20-/m1/s1. The number of benzene rings is 1. The van der Waals surface area contributed by atoms with Crippen LogP contribution in [-0.4, -0.2) is 36.9 Å². The number of piperidine rings is 1. The molecule has 2 aliphatic rings. The third-order valence-corrected chi connectivity index (χ3v) is 6.04. The van der Waals surface area contributed by atoms with Crippen molar-refractivity contribution in [1.82, 2.24) is 10.6 Å². The number of methoxy groups -OCH3 is 1. The fourth-order valence-electron chi connectivity index (χ4n) is 4.97. The minimum absolute atomic E-state index is 0.00592. The van der Waals surface area contributed by atoms with Gasteiger partial charge in [0.05, 0.1) is 7.11 Å². The minimum Gasteiger partial charge on any atom is -0.481 e. The van der Waals surface area contributed by atoms with Crippen molar-refractivity contribution in [3.63, 3.8) is 0 Å². The van der Waals surface area contributed by atoms with Gasteiger partial charge in [0, 0.05) is 23.9 Å². The number of alkyl carbamates (subject to hydrolysis) is 1. The van der Waals surface area contributed by atoms with Gasteiger partial charge >= 0.3 is 12.1 Å². The second-order valence-electron chi connectivity index (χ2n) is 7.64. The number of amides is 1. The maximum absolute atomic E-state index is 14.0. The number of carboxylic acids is 1. The molecule has 0 spiro atoms. The number of hydrogen-bond donors (Lipinski definition) is 3. The highest BCUT2D eigenvalue weighted by Gasteiger charge is 2.49.